The van der Waals surface area contributed by atoms with Crippen LogP contribution in [0, 0.1) is 5.41 Å². The van der Waals surface area contributed by atoms with Crippen LogP contribution in [0.25, 0.3) is 0 Å². The predicted octanol–water partition coefficient (Wildman–Crippen LogP) is 1.66. The quantitative estimate of drug-likeness (QED) is 0.678. The Hall–Kier alpha value is -1.26. The topological polar surface area (TPSA) is 58.6 Å². The average molecular weight is 266 g/mol. The summed E-state index contributed by atoms with van der Waals surface area (Å²) in [5, 5.41) is 2.85. The van der Waals surface area contributed by atoms with Crippen molar-refractivity contribution < 1.29 is 14.3 Å². The Kier molecular flexibility index (Phi) is 2.60. The first-order valence-corrected chi connectivity index (χ1v) is 7.10. The largest absolute Gasteiger partial charge is 0.444 e. The lowest BCUT2D eigenvalue weighted by Gasteiger charge is -2.50. The van der Waals surface area contributed by atoms with E-state index in [9.17, 15) is 9.59 Å². The maximum atomic E-state index is 12.3. The number of carbonyl (C=O) groups is 2. The van der Waals surface area contributed by atoms with Crippen LogP contribution in [0.4, 0.5) is 4.79 Å². The molecule has 0 aliphatic carbocycles. The Balaban J connectivity index is 1.73. The van der Waals surface area contributed by atoms with Gasteiger partial charge in [0.1, 0.15) is 5.60 Å². The summed E-state index contributed by atoms with van der Waals surface area (Å²) in [6.07, 6.45) is 3.38. The van der Waals surface area contributed by atoms with E-state index in [0.29, 0.717) is 0 Å². The molecule has 1 spiro atoms. The molecule has 2 bridgehead atoms. The fourth-order valence-electron chi connectivity index (χ4n) is 3.70. The summed E-state index contributed by atoms with van der Waals surface area (Å²) in [4.78, 5) is 26.0. The third kappa shape index (κ3) is 1.99. The highest BCUT2D eigenvalue weighted by Crippen LogP contribution is 2.48. The van der Waals surface area contributed by atoms with E-state index in [-0.39, 0.29) is 29.5 Å². The Morgan fingerprint density at radius 2 is 1.89 bits per heavy atom. The number of nitrogens with zero attached hydrogens (tertiary/aromatic N) is 1. The number of carbonyl (C=O) groups excluding carboxylic acids is 2. The molecule has 0 saturated carbocycles. The van der Waals surface area contributed by atoms with Gasteiger partial charge >= 0.3 is 6.09 Å². The van der Waals surface area contributed by atoms with Crippen molar-refractivity contribution in [1.82, 2.24) is 10.2 Å². The minimum atomic E-state index is -0.459. The van der Waals surface area contributed by atoms with Gasteiger partial charge in [-0.3, -0.25) is 4.79 Å². The SMILES string of the molecule is CC(C)(C)OC(=O)N1C2CCC1CC1(CNC1=O)C2. The van der Waals surface area contributed by atoms with Crippen LogP contribution < -0.4 is 5.32 Å². The van der Waals surface area contributed by atoms with Gasteiger partial charge in [0.15, 0.2) is 0 Å². The molecule has 3 aliphatic heterocycles. The number of hydrogen-bond acceptors (Lipinski definition) is 3. The number of hydrogen-bond donors (Lipinski definition) is 1. The Labute approximate surface area is 113 Å². The fraction of sp³-hybridized carbons (Fsp3) is 0.857. The van der Waals surface area contributed by atoms with E-state index in [1.54, 1.807) is 0 Å². The third-order valence-corrected chi connectivity index (χ3v) is 4.55. The molecule has 1 N–H and O–H groups in total. The molecule has 5 nitrogen and oxygen atoms in total. The van der Waals surface area contributed by atoms with Crippen LogP contribution in [0.5, 0.6) is 0 Å². The van der Waals surface area contributed by atoms with E-state index in [2.05, 4.69) is 5.32 Å². The Bertz CT molecular complexity index is 413. The fourth-order valence-corrected chi connectivity index (χ4v) is 3.70. The predicted molar refractivity (Wildman–Crippen MR) is 69.6 cm³/mol. The standard InChI is InChI=1S/C14H22N2O3/c1-13(2,3)19-12(18)16-9-4-5-10(16)7-14(6-9)8-15-11(14)17/h9-10H,4-8H2,1-3H3,(H,15,17). The first-order chi connectivity index (χ1) is 8.81. The number of ether oxygens (including phenoxy) is 1. The summed E-state index contributed by atoms with van der Waals surface area (Å²) in [5.41, 5.74) is -0.649. The summed E-state index contributed by atoms with van der Waals surface area (Å²) >= 11 is 0. The molecule has 0 radical (unpaired) electrons. The summed E-state index contributed by atoms with van der Waals surface area (Å²) in [5.74, 6) is 0.174. The second-order valence-corrected chi connectivity index (χ2v) is 7.14. The van der Waals surface area contributed by atoms with Crippen molar-refractivity contribution in [2.75, 3.05) is 6.54 Å². The van der Waals surface area contributed by atoms with Crippen LogP contribution in [0.3, 0.4) is 0 Å². The van der Waals surface area contributed by atoms with Gasteiger partial charge in [-0.1, -0.05) is 0 Å². The van der Waals surface area contributed by atoms with Crippen LogP contribution in [0.2, 0.25) is 0 Å². The van der Waals surface area contributed by atoms with Crippen molar-refractivity contribution in [3.63, 3.8) is 0 Å². The molecule has 19 heavy (non-hydrogen) atoms. The smallest absolute Gasteiger partial charge is 0.410 e. The van der Waals surface area contributed by atoms with Crippen molar-refractivity contribution >= 4 is 12.0 Å². The van der Waals surface area contributed by atoms with Gasteiger partial charge in [-0.25, -0.2) is 4.79 Å². The number of amides is 2. The molecule has 3 fully saturated rings. The number of fused-ring (bicyclic) bond motifs is 2. The third-order valence-electron chi connectivity index (χ3n) is 4.55. The molecule has 2 amide bonds. The maximum Gasteiger partial charge on any atom is 0.410 e. The van der Waals surface area contributed by atoms with Gasteiger partial charge in [-0.05, 0) is 46.5 Å². The monoisotopic (exact) mass is 266 g/mol. The minimum Gasteiger partial charge on any atom is -0.444 e. The molecule has 0 aromatic heterocycles. The number of rotatable bonds is 0. The van der Waals surface area contributed by atoms with Gasteiger partial charge in [-0.2, -0.15) is 0 Å². The van der Waals surface area contributed by atoms with Crippen molar-refractivity contribution in [3.05, 3.63) is 0 Å². The first kappa shape index (κ1) is 12.8. The minimum absolute atomic E-state index is 0.174. The van der Waals surface area contributed by atoms with Crippen molar-refractivity contribution in [2.45, 2.75) is 64.1 Å². The first-order valence-electron chi connectivity index (χ1n) is 7.10. The molecule has 3 rings (SSSR count). The molecule has 106 valence electrons. The maximum absolute atomic E-state index is 12.3. The molecular weight excluding hydrogens is 244 g/mol. The molecular formula is C14H22N2O3. The molecule has 0 aromatic carbocycles. The number of piperidine rings is 1. The zero-order valence-electron chi connectivity index (χ0n) is 11.9. The van der Waals surface area contributed by atoms with Gasteiger partial charge < -0.3 is 15.0 Å². The highest BCUT2D eigenvalue weighted by molar-refractivity contribution is 5.89. The average Bonchev–Trinajstić information content (AvgIpc) is 2.57. The normalized spacial score (nSPS) is 37.0. The van der Waals surface area contributed by atoms with Crippen LogP contribution >= 0.6 is 0 Å². The lowest BCUT2D eigenvalue weighted by molar-refractivity contribution is -0.146. The van der Waals surface area contributed by atoms with Crippen LogP contribution in [0.1, 0.15) is 46.5 Å². The van der Waals surface area contributed by atoms with Gasteiger partial charge in [0.25, 0.3) is 0 Å². The van der Waals surface area contributed by atoms with Gasteiger partial charge in [-0.15, -0.1) is 0 Å². The van der Waals surface area contributed by atoms with E-state index >= 15 is 0 Å². The van der Waals surface area contributed by atoms with Crippen molar-refractivity contribution in [2.24, 2.45) is 5.41 Å². The molecule has 0 aromatic rings. The van der Waals surface area contributed by atoms with E-state index in [0.717, 1.165) is 32.2 Å². The van der Waals surface area contributed by atoms with Crippen LogP contribution in [-0.4, -0.2) is 41.1 Å². The summed E-state index contributed by atoms with van der Waals surface area (Å²) in [6, 6.07) is 0.360. The van der Waals surface area contributed by atoms with E-state index in [4.69, 9.17) is 4.74 Å². The second-order valence-electron chi connectivity index (χ2n) is 7.14. The molecule has 3 heterocycles. The Morgan fingerprint density at radius 1 is 1.32 bits per heavy atom. The van der Waals surface area contributed by atoms with Crippen LogP contribution in [-0.2, 0) is 9.53 Å². The summed E-state index contributed by atoms with van der Waals surface area (Å²) < 4.78 is 5.49. The number of β-lactam (4-membered cyclic amide) rings is 1. The van der Waals surface area contributed by atoms with E-state index < -0.39 is 5.60 Å². The molecule has 2 unspecified atom stereocenters. The van der Waals surface area contributed by atoms with Crippen molar-refractivity contribution in [3.8, 4) is 0 Å². The van der Waals surface area contributed by atoms with E-state index in [1.165, 1.54) is 0 Å². The van der Waals surface area contributed by atoms with Gasteiger partial charge in [0.2, 0.25) is 5.91 Å². The number of nitrogens with one attached hydrogen (secondary N) is 1. The van der Waals surface area contributed by atoms with Crippen LogP contribution in [0.15, 0.2) is 0 Å². The Morgan fingerprint density at radius 3 is 2.26 bits per heavy atom. The molecule has 5 heteroatoms. The van der Waals surface area contributed by atoms with Crippen molar-refractivity contribution in [1.29, 1.82) is 0 Å². The molecule has 2 atom stereocenters. The van der Waals surface area contributed by atoms with Gasteiger partial charge in [0, 0.05) is 18.6 Å². The molecule has 3 saturated heterocycles. The summed E-state index contributed by atoms with van der Waals surface area (Å²) in [7, 11) is 0. The highest BCUT2D eigenvalue weighted by atomic mass is 16.6. The van der Waals surface area contributed by atoms with E-state index in [1.807, 2.05) is 25.7 Å². The lowest BCUT2D eigenvalue weighted by atomic mass is 9.70. The zero-order valence-corrected chi connectivity index (χ0v) is 11.9. The lowest BCUT2D eigenvalue weighted by Crippen LogP contribution is -2.65. The second kappa shape index (κ2) is 3.87. The zero-order chi connectivity index (χ0) is 13.8. The molecule has 3 aliphatic rings. The van der Waals surface area contributed by atoms with Gasteiger partial charge in [0.05, 0.1) is 5.41 Å². The highest BCUT2D eigenvalue weighted by Gasteiger charge is 2.57. The summed E-state index contributed by atoms with van der Waals surface area (Å²) in [6.45, 7) is 6.44.